The van der Waals surface area contributed by atoms with Gasteiger partial charge in [0.25, 0.3) is 0 Å². The molecule has 1 aliphatic carbocycles. The van der Waals surface area contributed by atoms with Gasteiger partial charge in [0.2, 0.25) is 0 Å². The number of ether oxygens (including phenoxy) is 1. The van der Waals surface area contributed by atoms with Crippen LogP contribution in [0.5, 0.6) is 0 Å². The number of hydrogen-bond donors (Lipinski definition) is 0. The van der Waals surface area contributed by atoms with Crippen LogP contribution in [0.4, 0.5) is 0 Å². The van der Waals surface area contributed by atoms with Crippen molar-refractivity contribution in [3.8, 4) is 0 Å². The zero-order valence-electron chi connectivity index (χ0n) is 14.3. The lowest BCUT2D eigenvalue weighted by Crippen LogP contribution is -2.35. The van der Waals surface area contributed by atoms with Gasteiger partial charge in [-0.3, -0.25) is 4.79 Å². The summed E-state index contributed by atoms with van der Waals surface area (Å²) in [7, 11) is 0. The Bertz CT molecular complexity index is 528. The molecule has 0 aromatic heterocycles. The molecular formula is C20H28O2. The number of carbonyl (C=O) groups is 1. The van der Waals surface area contributed by atoms with Crippen LogP contribution in [0.3, 0.4) is 0 Å². The fraction of sp³-hybridized carbons (Fsp3) is 0.550. The third kappa shape index (κ3) is 4.30. The van der Waals surface area contributed by atoms with Gasteiger partial charge in [0, 0.05) is 12.3 Å². The lowest BCUT2D eigenvalue weighted by Gasteiger charge is -2.37. The van der Waals surface area contributed by atoms with Gasteiger partial charge < -0.3 is 4.74 Å². The molecule has 2 atom stereocenters. The summed E-state index contributed by atoms with van der Waals surface area (Å²) in [6, 6.07) is 10.1. The Balaban J connectivity index is 1.90. The monoisotopic (exact) mass is 300 g/mol. The molecule has 0 spiro atoms. The highest BCUT2D eigenvalue weighted by molar-refractivity contribution is 5.85. The largest absolute Gasteiger partial charge is 0.373 e. The molecule has 0 heterocycles. The Morgan fingerprint density at radius 2 is 2.00 bits per heavy atom. The minimum absolute atomic E-state index is 0.0433. The summed E-state index contributed by atoms with van der Waals surface area (Å²) in [4.78, 5) is 12.7. The lowest BCUT2D eigenvalue weighted by atomic mass is 9.66. The molecule has 22 heavy (non-hydrogen) atoms. The van der Waals surface area contributed by atoms with Gasteiger partial charge in [-0.05, 0) is 37.7 Å². The highest BCUT2D eigenvalue weighted by atomic mass is 16.5. The third-order valence-corrected chi connectivity index (χ3v) is 4.68. The van der Waals surface area contributed by atoms with E-state index in [1.54, 1.807) is 0 Å². The van der Waals surface area contributed by atoms with E-state index in [0.717, 1.165) is 18.4 Å². The van der Waals surface area contributed by atoms with Crippen molar-refractivity contribution in [3.63, 3.8) is 0 Å². The number of hydrogen-bond acceptors (Lipinski definition) is 2. The van der Waals surface area contributed by atoms with E-state index < -0.39 is 0 Å². The summed E-state index contributed by atoms with van der Waals surface area (Å²) in [6.45, 7) is 9.08. The van der Waals surface area contributed by atoms with Crippen LogP contribution in [0, 0.1) is 11.3 Å². The maximum Gasteiger partial charge on any atom is 0.143 e. The SMILES string of the molecule is CC1=CCCC(C)(C)[C@H]1C(=O)CC(C)OCc1ccccc1. The van der Waals surface area contributed by atoms with E-state index in [9.17, 15) is 4.79 Å². The van der Waals surface area contributed by atoms with Crippen molar-refractivity contribution in [2.45, 2.75) is 59.7 Å². The number of Topliss-reactive ketones (excluding diaryl/α,β-unsaturated/α-hetero) is 1. The van der Waals surface area contributed by atoms with E-state index >= 15 is 0 Å². The van der Waals surface area contributed by atoms with Gasteiger partial charge in [-0.15, -0.1) is 0 Å². The first kappa shape index (κ1) is 17.0. The summed E-state index contributed by atoms with van der Waals surface area (Å²) in [5.41, 5.74) is 2.45. The second-order valence-corrected chi connectivity index (χ2v) is 7.19. The summed E-state index contributed by atoms with van der Waals surface area (Å²) < 4.78 is 5.85. The molecular weight excluding hydrogens is 272 g/mol. The van der Waals surface area contributed by atoms with E-state index in [2.05, 4.69) is 26.8 Å². The minimum atomic E-state index is -0.0433. The second kappa shape index (κ2) is 7.23. The summed E-state index contributed by atoms with van der Waals surface area (Å²) in [5.74, 6) is 0.364. The first-order valence-electron chi connectivity index (χ1n) is 8.25. The Morgan fingerprint density at radius 1 is 1.32 bits per heavy atom. The first-order valence-corrected chi connectivity index (χ1v) is 8.25. The maximum absolute atomic E-state index is 12.7. The van der Waals surface area contributed by atoms with Crippen LogP contribution < -0.4 is 0 Å². The Hall–Kier alpha value is -1.41. The molecule has 0 amide bonds. The summed E-state index contributed by atoms with van der Waals surface area (Å²) in [5, 5.41) is 0. The van der Waals surface area contributed by atoms with Crippen molar-refractivity contribution in [1.29, 1.82) is 0 Å². The van der Waals surface area contributed by atoms with E-state index in [4.69, 9.17) is 4.74 Å². The predicted octanol–water partition coefficient (Wildman–Crippen LogP) is 4.93. The molecule has 1 aromatic rings. The van der Waals surface area contributed by atoms with Crippen molar-refractivity contribution in [2.24, 2.45) is 11.3 Å². The smallest absolute Gasteiger partial charge is 0.143 e. The van der Waals surface area contributed by atoms with Gasteiger partial charge >= 0.3 is 0 Å². The second-order valence-electron chi connectivity index (χ2n) is 7.19. The van der Waals surface area contributed by atoms with E-state index in [1.165, 1.54) is 5.57 Å². The number of allylic oxidation sites excluding steroid dienone is 2. The van der Waals surface area contributed by atoms with Crippen LogP contribution in [-0.4, -0.2) is 11.9 Å². The zero-order chi connectivity index (χ0) is 16.2. The first-order chi connectivity index (χ1) is 10.4. The molecule has 0 saturated carbocycles. The molecule has 0 bridgehead atoms. The van der Waals surface area contributed by atoms with Crippen LogP contribution >= 0.6 is 0 Å². The number of ketones is 1. The minimum Gasteiger partial charge on any atom is -0.373 e. The molecule has 1 aliphatic rings. The quantitative estimate of drug-likeness (QED) is 0.696. The van der Waals surface area contributed by atoms with Gasteiger partial charge in [-0.25, -0.2) is 0 Å². The fourth-order valence-corrected chi connectivity index (χ4v) is 3.51. The van der Waals surface area contributed by atoms with Crippen LogP contribution in [-0.2, 0) is 16.1 Å². The van der Waals surface area contributed by atoms with Gasteiger partial charge in [-0.1, -0.05) is 55.8 Å². The van der Waals surface area contributed by atoms with Crippen molar-refractivity contribution in [2.75, 3.05) is 0 Å². The molecule has 2 nitrogen and oxygen atoms in total. The van der Waals surface area contributed by atoms with Gasteiger partial charge in [-0.2, -0.15) is 0 Å². The molecule has 1 unspecified atom stereocenters. The molecule has 0 saturated heterocycles. The Morgan fingerprint density at radius 3 is 2.64 bits per heavy atom. The molecule has 2 rings (SSSR count). The molecule has 120 valence electrons. The summed E-state index contributed by atoms with van der Waals surface area (Å²) in [6.07, 6.45) is 4.84. The van der Waals surface area contributed by atoms with E-state index in [-0.39, 0.29) is 17.4 Å². The van der Waals surface area contributed by atoms with Crippen molar-refractivity contribution in [3.05, 3.63) is 47.5 Å². The average molecular weight is 300 g/mol. The molecule has 1 aromatic carbocycles. The number of rotatable bonds is 6. The van der Waals surface area contributed by atoms with Crippen molar-refractivity contribution >= 4 is 5.78 Å². The van der Waals surface area contributed by atoms with Gasteiger partial charge in [0.15, 0.2) is 0 Å². The maximum atomic E-state index is 12.7. The third-order valence-electron chi connectivity index (χ3n) is 4.68. The zero-order valence-corrected chi connectivity index (χ0v) is 14.3. The van der Waals surface area contributed by atoms with Crippen molar-refractivity contribution in [1.82, 2.24) is 0 Å². The normalized spacial score (nSPS) is 22.0. The van der Waals surface area contributed by atoms with E-state index in [0.29, 0.717) is 18.8 Å². The van der Waals surface area contributed by atoms with E-state index in [1.807, 2.05) is 37.3 Å². The molecule has 0 fully saturated rings. The van der Waals surface area contributed by atoms with Gasteiger partial charge in [0.1, 0.15) is 5.78 Å². The van der Waals surface area contributed by atoms with Crippen LogP contribution in [0.15, 0.2) is 42.0 Å². The number of benzene rings is 1. The number of carbonyl (C=O) groups excluding carboxylic acids is 1. The highest BCUT2D eigenvalue weighted by Crippen LogP contribution is 2.42. The Labute approximate surface area is 134 Å². The van der Waals surface area contributed by atoms with Crippen LogP contribution in [0.1, 0.15) is 52.5 Å². The highest BCUT2D eigenvalue weighted by Gasteiger charge is 2.37. The molecule has 2 heteroatoms. The lowest BCUT2D eigenvalue weighted by molar-refractivity contribution is -0.128. The topological polar surface area (TPSA) is 26.3 Å². The Kier molecular flexibility index (Phi) is 5.57. The van der Waals surface area contributed by atoms with Crippen LogP contribution in [0.25, 0.3) is 0 Å². The molecule has 0 radical (unpaired) electrons. The van der Waals surface area contributed by atoms with Crippen molar-refractivity contribution < 1.29 is 9.53 Å². The molecule has 0 N–H and O–H groups in total. The standard InChI is InChI=1S/C20H28O2/c1-15-9-8-12-20(3,4)19(15)18(21)13-16(2)22-14-17-10-6-5-7-11-17/h5-7,9-11,16,19H,8,12-14H2,1-4H3/t16?,19-/m1/s1. The van der Waals surface area contributed by atoms with Crippen LogP contribution in [0.2, 0.25) is 0 Å². The fourth-order valence-electron chi connectivity index (χ4n) is 3.51. The average Bonchev–Trinajstić information content (AvgIpc) is 2.45. The predicted molar refractivity (Wildman–Crippen MR) is 90.6 cm³/mol. The molecule has 0 aliphatic heterocycles. The summed E-state index contributed by atoms with van der Waals surface area (Å²) >= 11 is 0. The van der Waals surface area contributed by atoms with Gasteiger partial charge in [0.05, 0.1) is 12.7 Å².